The summed E-state index contributed by atoms with van der Waals surface area (Å²) in [6, 6.07) is 4.21. The topological polar surface area (TPSA) is 175 Å². The van der Waals surface area contributed by atoms with Crippen LogP contribution in [0, 0.1) is 3.57 Å². The molecule has 40 heavy (non-hydrogen) atoms. The summed E-state index contributed by atoms with van der Waals surface area (Å²) in [5.74, 6) is -4.60. The number of primary amides is 1. The first kappa shape index (κ1) is 29.0. The number of nitrogens with one attached hydrogen (secondary N) is 4. The van der Waals surface area contributed by atoms with E-state index in [0.717, 1.165) is 12.1 Å². The Morgan fingerprint density at radius 2 is 1.95 bits per heavy atom. The van der Waals surface area contributed by atoms with Gasteiger partial charge in [0.15, 0.2) is 5.96 Å². The van der Waals surface area contributed by atoms with Crippen molar-refractivity contribution in [3.63, 3.8) is 0 Å². The van der Waals surface area contributed by atoms with E-state index in [4.69, 9.17) is 5.73 Å². The minimum absolute atomic E-state index is 0.00697. The standard InChI is InChI=1S/C24H22F4IN7O4/c25-12-7-31-23(32-8-12)34-14-4-16(17-9-33-36-18(17)5-14)22(40)35-20(21(30)39)15(6-19(37)38)10-1-11(24(26,27)28)3-13(29)2-10/h1-5,9,12,15,20H,6-8H2,(H2,30,39)(H,33,36)(H,35,40)(H,37,38)(H2,31,32,34)/t15-,20?/m0/s1. The Morgan fingerprint density at radius 3 is 2.58 bits per heavy atom. The number of guanidine groups is 1. The van der Waals surface area contributed by atoms with Crippen LogP contribution in [0.3, 0.4) is 0 Å². The number of carboxylic acids is 1. The SMILES string of the molecule is NC(=O)C(NC(=O)c1cc(NC2=NCC(F)CN2)cc2[nH]ncc12)[C@@H](CC(=O)O)c1cc(I)cc(C(F)(F)F)c1. The molecular weight excluding hydrogens is 653 g/mol. The summed E-state index contributed by atoms with van der Waals surface area (Å²) in [4.78, 5) is 41.7. The Bertz CT molecular complexity index is 1490. The molecule has 0 saturated carbocycles. The predicted octanol–water partition coefficient (Wildman–Crippen LogP) is 2.74. The zero-order valence-corrected chi connectivity index (χ0v) is 22.5. The molecule has 1 aliphatic heterocycles. The van der Waals surface area contributed by atoms with Crippen molar-refractivity contribution in [1.82, 2.24) is 20.8 Å². The van der Waals surface area contributed by atoms with Gasteiger partial charge in [-0.05, 0) is 58.5 Å². The van der Waals surface area contributed by atoms with Gasteiger partial charge in [0.2, 0.25) is 5.91 Å². The summed E-state index contributed by atoms with van der Waals surface area (Å²) in [6.45, 7) is -0.0279. The number of rotatable bonds is 8. The second-order valence-corrected chi connectivity index (χ2v) is 10.2. The minimum atomic E-state index is -4.74. The molecule has 2 aromatic carbocycles. The van der Waals surface area contributed by atoms with Gasteiger partial charge in [-0.1, -0.05) is 0 Å². The number of anilines is 1. The number of hydrogen-bond acceptors (Lipinski definition) is 7. The lowest BCUT2D eigenvalue weighted by Crippen LogP contribution is -2.48. The van der Waals surface area contributed by atoms with Gasteiger partial charge in [0.05, 0.1) is 42.4 Å². The number of halogens is 5. The summed E-state index contributed by atoms with van der Waals surface area (Å²) < 4.78 is 54.0. The fourth-order valence-corrected chi connectivity index (χ4v) is 4.94. The van der Waals surface area contributed by atoms with Gasteiger partial charge >= 0.3 is 12.1 Å². The van der Waals surface area contributed by atoms with Crippen molar-refractivity contribution < 1.29 is 37.1 Å². The highest BCUT2D eigenvalue weighted by Gasteiger charge is 2.36. The van der Waals surface area contributed by atoms with Crippen LogP contribution in [0.4, 0.5) is 23.2 Å². The summed E-state index contributed by atoms with van der Waals surface area (Å²) in [6.07, 6.45) is -5.33. The Kier molecular flexibility index (Phi) is 8.45. The van der Waals surface area contributed by atoms with Gasteiger partial charge in [-0.2, -0.15) is 18.3 Å². The number of hydrogen-bond donors (Lipinski definition) is 6. The average molecular weight is 675 g/mol. The Morgan fingerprint density at radius 1 is 1.20 bits per heavy atom. The third-order valence-corrected chi connectivity index (χ3v) is 6.69. The quantitative estimate of drug-likeness (QED) is 0.157. The number of aliphatic imine (C=N–C) groups is 1. The number of amides is 2. The van der Waals surface area contributed by atoms with Gasteiger partial charge in [-0.15, -0.1) is 0 Å². The lowest BCUT2D eigenvalue weighted by atomic mass is 9.86. The fourth-order valence-electron chi connectivity index (χ4n) is 4.25. The molecule has 0 bridgehead atoms. The third-order valence-electron chi connectivity index (χ3n) is 6.07. The molecule has 4 rings (SSSR count). The Hall–Kier alpha value is -3.96. The molecule has 3 aromatic rings. The van der Waals surface area contributed by atoms with Crippen LogP contribution in [-0.4, -0.2) is 64.4 Å². The van der Waals surface area contributed by atoms with Crippen LogP contribution < -0.4 is 21.7 Å². The molecule has 0 radical (unpaired) electrons. The molecule has 2 amide bonds. The van der Waals surface area contributed by atoms with Crippen LogP contribution in [0.5, 0.6) is 0 Å². The van der Waals surface area contributed by atoms with Crippen molar-refractivity contribution >= 4 is 62.9 Å². The Labute approximate surface area is 237 Å². The second kappa shape index (κ2) is 11.6. The van der Waals surface area contributed by atoms with Crippen LogP contribution in [0.2, 0.25) is 0 Å². The maximum absolute atomic E-state index is 13.5. The number of nitrogens with two attached hydrogens (primary N) is 1. The summed E-state index contributed by atoms with van der Waals surface area (Å²) in [7, 11) is 0. The molecule has 0 aliphatic carbocycles. The maximum atomic E-state index is 13.5. The number of aromatic nitrogens is 2. The number of fused-ring (bicyclic) bond motifs is 1. The van der Waals surface area contributed by atoms with E-state index in [9.17, 15) is 37.1 Å². The first-order valence-electron chi connectivity index (χ1n) is 11.7. The number of nitrogens with zero attached hydrogens (tertiary/aromatic N) is 2. The van der Waals surface area contributed by atoms with Crippen LogP contribution in [0.1, 0.15) is 33.8 Å². The first-order chi connectivity index (χ1) is 18.8. The van der Waals surface area contributed by atoms with Crippen molar-refractivity contribution in [2.75, 3.05) is 18.4 Å². The number of aromatic amines is 1. The molecule has 3 atom stereocenters. The molecule has 11 nitrogen and oxygen atoms in total. The number of benzene rings is 2. The molecule has 0 fully saturated rings. The van der Waals surface area contributed by atoms with Gasteiger partial charge in [0.1, 0.15) is 12.2 Å². The van der Waals surface area contributed by atoms with E-state index in [-0.39, 0.29) is 33.7 Å². The molecule has 2 heterocycles. The van der Waals surface area contributed by atoms with Gasteiger partial charge in [-0.25, -0.2) is 9.38 Å². The molecule has 212 valence electrons. The lowest BCUT2D eigenvalue weighted by Gasteiger charge is -2.26. The summed E-state index contributed by atoms with van der Waals surface area (Å²) in [5, 5.41) is 24.6. The van der Waals surface area contributed by atoms with E-state index in [0.29, 0.717) is 16.6 Å². The van der Waals surface area contributed by atoms with E-state index >= 15 is 0 Å². The van der Waals surface area contributed by atoms with E-state index in [1.807, 2.05) is 0 Å². The van der Waals surface area contributed by atoms with Crippen LogP contribution in [-0.2, 0) is 15.8 Å². The maximum Gasteiger partial charge on any atom is 0.416 e. The number of carboxylic acid groups (broad SMARTS) is 1. The molecule has 1 aliphatic rings. The molecule has 0 saturated heterocycles. The van der Waals surface area contributed by atoms with Gasteiger partial charge in [-0.3, -0.25) is 19.5 Å². The van der Waals surface area contributed by atoms with E-state index < -0.39 is 54.1 Å². The molecule has 16 heteroatoms. The summed E-state index contributed by atoms with van der Waals surface area (Å²) in [5.41, 5.74) is 5.10. The van der Waals surface area contributed by atoms with Crippen molar-refractivity contribution in [3.05, 3.63) is 56.8 Å². The fraction of sp³-hybridized carbons (Fsp3) is 0.292. The van der Waals surface area contributed by atoms with E-state index in [2.05, 4.69) is 31.1 Å². The van der Waals surface area contributed by atoms with Crippen molar-refractivity contribution in [3.8, 4) is 0 Å². The van der Waals surface area contributed by atoms with E-state index in [1.54, 1.807) is 28.7 Å². The third kappa shape index (κ3) is 6.78. The van der Waals surface area contributed by atoms with Crippen LogP contribution >= 0.6 is 22.6 Å². The Balaban J connectivity index is 1.70. The number of alkyl halides is 4. The molecule has 2 unspecified atom stereocenters. The highest BCUT2D eigenvalue weighted by atomic mass is 127. The van der Waals surface area contributed by atoms with Crippen molar-refractivity contribution in [2.24, 2.45) is 10.7 Å². The molecule has 7 N–H and O–H groups in total. The lowest BCUT2D eigenvalue weighted by molar-refractivity contribution is -0.138. The number of aliphatic carboxylic acids is 1. The molecule has 1 aromatic heterocycles. The van der Waals surface area contributed by atoms with Gasteiger partial charge < -0.3 is 26.8 Å². The zero-order chi connectivity index (χ0) is 29.2. The largest absolute Gasteiger partial charge is 0.481 e. The molecule has 0 spiro atoms. The van der Waals surface area contributed by atoms with Crippen molar-refractivity contribution in [2.45, 2.75) is 30.7 Å². The summed E-state index contributed by atoms with van der Waals surface area (Å²) >= 11 is 1.65. The van der Waals surface area contributed by atoms with Gasteiger partial charge in [0, 0.05) is 20.6 Å². The normalized spacial score (nSPS) is 16.9. The van der Waals surface area contributed by atoms with E-state index in [1.165, 1.54) is 18.3 Å². The van der Waals surface area contributed by atoms with Crippen LogP contribution in [0.25, 0.3) is 10.9 Å². The number of carbonyl (C=O) groups excluding carboxylic acids is 2. The highest BCUT2D eigenvalue weighted by Crippen LogP contribution is 2.35. The number of carbonyl (C=O) groups is 3. The second-order valence-electron chi connectivity index (χ2n) is 8.98. The van der Waals surface area contributed by atoms with Gasteiger partial charge in [0.25, 0.3) is 5.91 Å². The monoisotopic (exact) mass is 675 g/mol. The molecular formula is C24H22F4IN7O4. The van der Waals surface area contributed by atoms with Crippen LogP contribution in [0.15, 0.2) is 41.5 Å². The smallest absolute Gasteiger partial charge is 0.416 e. The minimum Gasteiger partial charge on any atom is -0.481 e. The zero-order valence-electron chi connectivity index (χ0n) is 20.4. The van der Waals surface area contributed by atoms with Crippen molar-refractivity contribution in [1.29, 1.82) is 0 Å². The highest BCUT2D eigenvalue weighted by molar-refractivity contribution is 14.1. The average Bonchev–Trinajstić information content (AvgIpc) is 3.34. The predicted molar refractivity (Wildman–Crippen MR) is 145 cm³/mol. The first-order valence-corrected chi connectivity index (χ1v) is 12.8. The number of H-pyrrole nitrogens is 1.